The van der Waals surface area contributed by atoms with E-state index in [2.05, 4.69) is 0 Å². The molecular formula is C4H4FNaO2. The van der Waals surface area contributed by atoms with Gasteiger partial charge >= 0.3 is 29.6 Å². The summed E-state index contributed by atoms with van der Waals surface area (Å²) < 4.78 is 10.9. The number of hydrogen-bond acceptors (Lipinski definition) is 2. The van der Waals surface area contributed by atoms with Crippen LogP contribution in [0.2, 0.25) is 0 Å². The molecule has 0 saturated heterocycles. The van der Waals surface area contributed by atoms with Gasteiger partial charge in [-0.25, -0.2) is 4.39 Å². The SMILES string of the molecule is O=C([O-])CC=CF.[Na+]. The number of carboxylic acids is 1. The van der Waals surface area contributed by atoms with Crippen LogP contribution in [-0.4, -0.2) is 5.97 Å². The van der Waals surface area contributed by atoms with Gasteiger partial charge in [-0.05, 0) is 0 Å². The van der Waals surface area contributed by atoms with Gasteiger partial charge in [0.25, 0.3) is 0 Å². The van der Waals surface area contributed by atoms with Crippen molar-refractivity contribution in [3.8, 4) is 0 Å². The van der Waals surface area contributed by atoms with Gasteiger partial charge in [0, 0.05) is 12.4 Å². The molecule has 0 unspecified atom stereocenters. The summed E-state index contributed by atoms with van der Waals surface area (Å²) in [5.41, 5.74) is 0. The number of carboxylic acid groups (broad SMARTS) is 1. The van der Waals surface area contributed by atoms with Crippen LogP contribution in [-0.2, 0) is 4.79 Å². The van der Waals surface area contributed by atoms with Crippen molar-refractivity contribution in [1.29, 1.82) is 0 Å². The average Bonchev–Trinajstić information content (AvgIpc) is 1.61. The molecule has 0 spiro atoms. The summed E-state index contributed by atoms with van der Waals surface area (Å²) in [5, 5.41) is 9.43. The van der Waals surface area contributed by atoms with Crippen molar-refractivity contribution in [1.82, 2.24) is 0 Å². The molecule has 8 heavy (non-hydrogen) atoms. The normalized spacial score (nSPS) is 8.62. The van der Waals surface area contributed by atoms with Gasteiger partial charge in [0.2, 0.25) is 0 Å². The first kappa shape index (κ1) is 11.0. The summed E-state index contributed by atoms with van der Waals surface area (Å²) in [7, 11) is 0. The predicted octanol–water partition coefficient (Wildman–Crippen LogP) is -3.39. The number of aliphatic carboxylic acids is 1. The Morgan fingerprint density at radius 2 is 2.25 bits per heavy atom. The van der Waals surface area contributed by atoms with E-state index in [1.807, 2.05) is 0 Å². The van der Waals surface area contributed by atoms with Crippen molar-refractivity contribution >= 4 is 5.97 Å². The van der Waals surface area contributed by atoms with Crippen molar-refractivity contribution in [3.05, 3.63) is 12.4 Å². The molecule has 0 radical (unpaired) electrons. The van der Waals surface area contributed by atoms with Gasteiger partial charge in [-0.1, -0.05) is 6.08 Å². The molecule has 0 aliphatic heterocycles. The Hall–Kier alpha value is 0.140. The summed E-state index contributed by atoms with van der Waals surface area (Å²) in [5.74, 6) is -1.27. The minimum atomic E-state index is -1.27. The molecule has 0 aromatic carbocycles. The van der Waals surface area contributed by atoms with E-state index >= 15 is 0 Å². The largest absolute Gasteiger partial charge is 1.00 e. The third-order valence-corrected chi connectivity index (χ3v) is 0.374. The van der Waals surface area contributed by atoms with E-state index in [0.717, 1.165) is 6.08 Å². The van der Waals surface area contributed by atoms with Crippen LogP contribution in [0.4, 0.5) is 4.39 Å². The standard InChI is InChI=1S/C4H5FO2.Na/c5-3-1-2-4(6)7;/h1,3H,2H2,(H,6,7);/q;+1/p-1. The van der Waals surface area contributed by atoms with Gasteiger partial charge in [0.05, 0.1) is 6.33 Å². The van der Waals surface area contributed by atoms with Gasteiger partial charge in [-0.3, -0.25) is 0 Å². The number of rotatable bonds is 2. The first-order chi connectivity index (χ1) is 3.27. The smallest absolute Gasteiger partial charge is 0.550 e. The van der Waals surface area contributed by atoms with E-state index in [0.29, 0.717) is 0 Å². The molecule has 0 heterocycles. The molecule has 0 fully saturated rings. The maximum atomic E-state index is 10.9. The van der Waals surface area contributed by atoms with Crippen LogP contribution in [0.5, 0.6) is 0 Å². The van der Waals surface area contributed by atoms with Crippen molar-refractivity contribution in [2.24, 2.45) is 0 Å². The molecule has 0 aliphatic carbocycles. The van der Waals surface area contributed by atoms with Crippen molar-refractivity contribution < 1.29 is 43.8 Å². The Balaban J connectivity index is 0. The monoisotopic (exact) mass is 126 g/mol. The van der Waals surface area contributed by atoms with Gasteiger partial charge in [-0.15, -0.1) is 0 Å². The molecule has 40 valence electrons. The zero-order valence-corrected chi connectivity index (χ0v) is 6.56. The molecule has 4 heteroatoms. The number of halogens is 1. The van der Waals surface area contributed by atoms with Crippen LogP contribution < -0.4 is 34.7 Å². The van der Waals surface area contributed by atoms with Crippen molar-refractivity contribution in [2.75, 3.05) is 0 Å². The summed E-state index contributed by atoms with van der Waals surface area (Å²) in [6, 6.07) is 0. The molecular weight excluding hydrogens is 122 g/mol. The fourth-order valence-electron chi connectivity index (χ4n) is 0.141. The van der Waals surface area contributed by atoms with E-state index in [-0.39, 0.29) is 42.3 Å². The van der Waals surface area contributed by atoms with Gasteiger partial charge in [0.1, 0.15) is 0 Å². The van der Waals surface area contributed by atoms with Crippen LogP contribution in [0.1, 0.15) is 6.42 Å². The van der Waals surface area contributed by atoms with Crippen LogP contribution in [0.3, 0.4) is 0 Å². The zero-order chi connectivity index (χ0) is 5.70. The second kappa shape index (κ2) is 7.14. The fraction of sp³-hybridized carbons (Fsp3) is 0.250. The summed E-state index contributed by atoms with van der Waals surface area (Å²) >= 11 is 0. The second-order valence-electron chi connectivity index (χ2n) is 0.938. The third kappa shape index (κ3) is 9.46. The maximum absolute atomic E-state index is 10.9. The Labute approximate surface area is 68.7 Å². The van der Waals surface area contributed by atoms with E-state index in [1.165, 1.54) is 0 Å². The molecule has 0 rings (SSSR count). The molecule has 0 aliphatic rings. The number of carbonyl (C=O) groups is 1. The minimum Gasteiger partial charge on any atom is -0.550 e. The molecule has 0 aromatic heterocycles. The first-order valence-electron chi connectivity index (χ1n) is 1.72. The Bertz CT molecular complexity index is 92.0. The minimum absolute atomic E-state index is 0. The van der Waals surface area contributed by atoms with Crippen LogP contribution in [0.15, 0.2) is 12.4 Å². The predicted molar refractivity (Wildman–Crippen MR) is 19.9 cm³/mol. The Morgan fingerprint density at radius 1 is 1.75 bits per heavy atom. The van der Waals surface area contributed by atoms with Gasteiger partial charge < -0.3 is 9.90 Å². The van der Waals surface area contributed by atoms with Crippen LogP contribution >= 0.6 is 0 Å². The van der Waals surface area contributed by atoms with E-state index in [1.54, 1.807) is 0 Å². The molecule has 2 nitrogen and oxygen atoms in total. The topological polar surface area (TPSA) is 40.1 Å². The number of carbonyl (C=O) groups excluding carboxylic acids is 1. The maximum Gasteiger partial charge on any atom is 1.00 e. The second-order valence-corrected chi connectivity index (χ2v) is 0.938. The van der Waals surface area contributed by atoms with Gasteiger partial charge in [-0.2, -0.15) is 0 Å². The third-order valence-electron chi connectivity index (χ3n) is 0.374. The van der Waals surface area contributed by atoms with E-state index in [4.69, 9.17) is 0 Å². The zero-order valence-electron chi connectivity index (χ0n) is 4.56. The Morgan fingerprint density at radius 3 is 2.38 bits per heavy atom. The average molecular weight is 126 g/mol. The summed E-state index contributed by atoms with van der Waals surface area (Å²) in [6.07, 6.45) is 0.696. The van der Waals surface area contributed by atoms with Crippen molar-refractivity contribution in [3.63, 3.8) is 0 Å². The summed E-state index contributed by atoms with van der Waals surface area (Å²) in [6.45, 7) is 0. The van der Waals surface area contributed by atoms with Crippen molar-refractivity contribution in [2.45, 2.75) is 6.42 Å². The fourth-order valence-corrected chi connectivity index (χ4v) is 0.141. The quantitative estimate of drug-likeness (QED) is 0.362. The van der Waals surface area contributed by atoms with Crippen LogP contribution in [0, 0.1) is 0 Å². The summed E-state index contributed by atoms with van der Waals surface area (Å²) in [4.78, 5) is 9.43. The molecule has 0 bridgehead atoms. The van der Waals surface area contributed by atoms with E-state index < -0.39 is 5.97 Å². The van der Waals surface area contributed by atoms with Gasteiger partial charge in [0.15, 0.2) is 0 Å². The molecule has 0 saturated carbocycles. The molecule has 0 aromatic rings. The molecule has 0 amide bonds. The number of hydrogen-bond donors (Lipinski definition) is 0. The first-order valence-corrected chi connectivity index (χ1v) is 1.72. The van der Waals surface area contributed by atoms with Crippen LogP contribution in [0.25, 0.3) is 0 Å². The van der Waals surface area contributed by atoms with E-state index in [9.17, 15) is 14.3 Å². The molecule has 0 atom stereocenters. The Kier molecular flexibility index (Phi) is 9.82. The molecule has 0 N–H and O–H groups in total.